The molecular weight excluding hydrogens is 314 g/mol. The SMILES string of the molecule is COCCN1CC(C(=O)Nc2nc3c(C)cccc3s2)CC1=O. The van der Waals surface area contributed by atoms with E-state index in [1.54, 1.807) is 12.0 Å². The highest BCUT2D eigenvalue weighted by Crippen LogP contribution is 2.29. The molecule has 0 saturated carbocycles. The maximum absolute atomic E-state index is 12.4. The van der Waals surface area contributed by atoms with Crippen LogP contribution in [0.4, 0.5) is 5.13 Å². The molecule has 2 heterocycles. The third kappa shape index (κ3) is 3.35. The molecule has 3 rings (SSSR count). The third-order valence-corrected chi connectivity index (χ3v) is 4.94. The number of aromatic nitrogens is 1. The molecular formula is C16H19N3O3S. The number of thiazole rings is 1. The zero-order chi connectivity index (χ0) is 16.4. The van der Waals surface area contributed by atoms with Crippen LogP contribution in [0.3, 0.4) is 0 Å². The molecule has 1 aromatic heterocycles. The number of rotatable bonds is 5. The smallest absolute Gasteiger partial charge is 0.231 e. The van der Waals surface area contributed by atoms with E-state index < -0.39 is 0 Å². The molecule has 0 spiro atoms. The summed E-state index contributed by atoms with van der Waals surface area (Å²) in [7, 11) is 1.60. The van der Waals surface area contributed by atoms with Gasteiger partial charge in [0.25, 0.3) is 0 Å². The molecule has 0 aliphatic carbocycles. The lowest BCUT2D eigenvalue weighted by Crippen LogP contribution is -2.30. The first-order valence-electron chi connectivity index (χ1n) is 7.52. The van der Waals surface area contributed by atoms with E-state index in [0.717, 1.165) is 15.8 Å². The van der Waals surface area contributed by atoms with Crippen molar-refractivity contribution in [2.75, 3.05) is 32.1 Å². The van der Waals surface area contributed by atoms with Crippen LogP contribution in [-0.4, -0.2) is 48.5 Å². The van der Waals surface area contributed by atoms with E-state index in [0.29, 0.717) is 24.8 Å². The van der Waals surface area contributed by atoms with E-state index in [4.69, 9.17) is 4.74 Å². The standard InChI is InChI=1S/C16H19N3O3S/c1-10-4-3-5-12-14(10)17-16(23-12)18-15(21)11-8-13(20)19(9-11)6-7-22-2/h3-5,11H,6-9H2,1-2H3,(H,17,18,21). The number of hydrogen-bond acceptors (Lipinski definition) is 5. The molecule has 1 aliphatic heterocycles. The molecule has 1 unspecified atom stereocenters. The molecule has 122 valence electrons. The average molecular weight is 333 g/mol. The van der Waals surface area contributed by atoms with Crippen LogP contribution in [0, 0.1) is 12.8 Å². The molecule has 1 aromatic carbocycles. The first-order valence-corrected chi connectivity index (χ1v) is 8.34. The maximum atomic E-state index is 12.4. The second-order valence-electron chi connectivity index (χ2n) is 5.66. The van der Waals surface area contributed by atoms with E-state index in [1.807, 2.05) is 25.1 Å². The summed E-state index contributed by atoms with van der Waals surface area (Å²) < 4.78 is 6.03. The van der Waals surface area contributed by atoms with Crippen LogP contribution >= 0.6 is 11.3 Å². The molecule has 0 bridgehead atoms. The van der Waals surface area contributed by atoms with Crippen molar-refractivity contribution < 1.29 is 14.3 Å². The summed E-state index contributed by atoms with van der Waals surface area (Å²) in [5.41, 5.74) is 2.00. The van der Waals surface area contributed by atoms with E-state index >= 15 is 0 Å². The zero-order valence-electron chi connectivity index (χ0n) is 13.2. The van der Waals surface area contributed by atoms with Crippen molar-refractivity contribution in [3.05, 3.63) is 23.8 Å². The zero-order valence-corrected chi connectivity index (χ0v) is 14.0. The molecule has 1 N–H and O–H groups in total. The Morgan fingerprint density at radius 2 is 2.35 bits per heavy atom. The minimum absolute atomic E-state index is 0.00217. The number of nitrogens with zero attached hydrogens (tertiary/aromatic N) is 2. The number of carbonyl (C=O) groups is 2. The van der Waals surface area contributed by atoms with Gasteiger partial charge in [0.05, 0.1) is 22.7 Å². The van der Waals surface area contributed by atoms with E-state index in [9.17, 15) is 9.59 Å². The summed E-state index contributed by atoms with van der Waals surface area (Å²) in [6.45, 7) is 3.45. The lowest BCUT2D eigenvalue weighted by atomic mass is 10.1. The minimum Gasteiger partial charge on any atom is -0.383 e. The van der Waals surface area contributed by atoms with Gasteiger partial charge in [-0.3, -0.25) is 9.59 Å². The lowest BCUT2D eigenvalue weighted by Gasteiger charge is -2.15. The molecule has 1 atom stereocenters. The van der Waals surface area contributed by atoms with E-state index in [1.165, 1.54) is 11.3 Å². The Balaban J connectivity index is 1.67. The summed E-state index contributed by atoms with van der Waals surface area (Å²) in [6, 6.07) is 5.96. The number of nitrogens with one attached hydrogen (secondary N) is 1. The molecule has 23 heavy (non-hydrogen) atoms. The van der Waals surface area contributed by atoms with Crippen LogP contribution in [0.1, 0.15) is 12.0 Å². The summed E-state index contributed by atoms with van der Waals surface area (Å²) in [6.07, 6.45) is 0.249. The molecule has 2 aromatic rings. The van der Waals surface area contributed by atoms with Gasteiger partial charge in [0, 0.05) is 26.6 Å². The normalized spacial score (nSPS) is 17.9. The topological polar surface area (TPSA) is 71.5 Å². The van der Waals surface area contributed by atoms with Crippen molar-refractivity contribution in [2.24, 2.45) is 5.92 Å². The lowest BCUT2D eigenvalue weighted by molar-refractivity contribution is -0.128. The largest absolute Gasteiger partial charge is 0.383 e. The number of fused-ring (bicyclic) bond motifs is 1. The van der Waals surface area contributed by atoms with Crippen molar-refractivity contribution in [2.45, 2.75) is 13.3 Å². The number of aryl methyl sites for hydroxylation is 1. The number of amides is 2. The van der Waals surface area contributed by atoms with Crippen LogP contribution in [0.2, 0.25) is 0 Å². The molecule has 6 nitrogen and oxygen atoms in total. The third-order valence-electron chi connectivity index (χ3n) is 4.00. The van der Waals surface area contributed by atoms with Gasteiger partial charge in [-0.05, 0) is 18.6 Å². The Bertz CT molecular complexity index is 743. The highest BCUT2D eigenvalue weighted by molar-refractivity contribution is 7.22. The Morgan fingerprint density at radius 3 is 3.09 bits per heavy atom. The monoisotopic (exact) mass is 333 g/mol. The quantitative estimate of drug-likeness (QED) is 0.909. The fraction of sp³-hybridized carbons (Fsp3) is 0.438. The van der Waals surface area contributed by atoms with Crippen LogP contribution in [-0.2, 0) is 14.3 Å². The molecule has 0 radical (unpaired) electrons. The van der Waals surface area contributed by atoms with Crippen LogP contribution in [0.15, 0.2) is 18.2 Å². The highest BCUT2D eigenvalue weighted by Gasteiger charge is 2.34. The summed E-state index contributed by atoms with van der Waals surface area (Å²) in [4.78, 5) is 30.5. The number of para-hydroxylation sites is 1. The van der Waals surface area contributed by atoms with Gasteiger partial charge < -0.3 is 15.0 Å². The van der Waals surface area contributed by atoms with Gasteiger partial charge in [0.2, 0.25) is 11.8 Å². The van der Waals surface area contributed by atoms with Crippen molar-refractivity contribution >= 4 is 38.5 Å². The number of carbonyl (C=O) groups excluding carboxylic acids is 2. The molecule has 2 amide bonds. The number of methoxy groups -OCH3 is 1. The Labute approximate surface area is 138 Å². The van der Waals surface area contributed by atoms with Gasteiger partial charge >= 0.3 is 0 Å². The Hall–Kier alpha value is -1.99. The second kappa shape index (κ2) is 6.64. The van der Waals surface area contributed by atoms with Crippen molar-refractivity contribution in [1.29, 1.82) is 0 Å². The average Bonchev–Trinajstić information content (AvgIpc) is 3.09. The second-order valence-corrected chi connectivity index (χ2v) is 6.69. The maximum Gasteiger partial charge on any atom is 0.231 e. The molecule has 1 saturated heterocycles. The van der Waals surface area contributed by atoms with E-state index in [2.05, 4.69) is 10.3 Å². The summed E-state index contributed by atoms with van der Waals surface area (Å²) >= 11 is 1.45. The van der Waals surface area contributed by atoms with Crippen LogP contribution < -0.4 is 5.32 Å². The van der Waals surface area contributed by atoms with Crippen molar-refractivity contribution in [3.8, 4) is 0 Å². The Kier molecular flexibility index (Phi) is 4.58. The first-order chi connectivity index (χ1) is 11.1. The van der Waals surface area contributed by atoms with Crippen molar-refractivity contribution in [3.63, 3.8) is 0 Å². The predicted octanol–water partition coefficient (Wildman–Crippen LogP) is 2.04. The number of ether oxygens (including phenoxy) is 1. The fourth-order valence-electron chi connectivity index (χ4n) is 2.71. The molecule has 7 heteroatoms. The molecule has 1 fully saturated rings. The minimum atomic E-state index is -0.326. The van der Waals surface area contributed by atoms with Gasteiger partial charge in [-0.25, -0.2) is 4.98 Å². The number of likely N-dealkylation sites (tertiary alicyclic amines) is 1. The summed E-state index contributed by atoms with van der Waals surface area (Å²) in [5.74, 6) is -0.468. The van der Waals surface area contributed by atoms with Gasteiger partial charge in [0.15, 0.2) is 5.13 Å². The molecule has 1 aliphatic rings. The van der Waals surface area contributed by atoms with Gasteiger partial charge in [-0.1, -0.05) is 23.5 Å². The van der Waals surface area contributed by atoms with E-state index in [-0.39, 0.29) is 24.2 Å². The summed E-state index contributed by atoms with van der Waals surface area (Å²) in [5, 5.41) is 3.44. The predicted molar refractivity (Wildman–Crippen MR) is 89.5 cm³/mol. The van der Waals surface area contributed by atoms with Crippen LogP contribution in [0.25, 0.3) is 10.2 Å². The number of hydrogen-bond donors (Lipinski definition) is 1. The van der Waals surface area contributed by atoms with Gasteiger partial charge in [0.1, 0.15) is 0 Å². The first kappa shape index (κ1) is 15.9. The van der Waals surface area contributed by atoms with Gasteiger partial charge in [-0.15, -0.1) is 0 Å². The van der Waals surface area contributed by atoms with Gasteiger partial charge in [-0.2, -0.15) is 0 Å². The van der Waals surface area contributed by atoms with Crippen molar-refractivity contribution in [1.82, 2.24) is 9.88 Å². The highest BCUT2D eigenvalue weighted by atomic mass is 32.1. The number of anilines is 1. The fourth-order valence-corrected chi connectivity index (χ4v) is 3.66. The number of benzene rings is 1. The Morgan fingerprint density at radius 1 is 1.52 bits per heavy atom. The van der Waals surface area contributed by atoms with Crippen LogP contribution in [0.5, 0.6) is 0 Å².